The Morgan fingerprint density at radius 2 is 1.86 bits per heavy atom. The van der Waals surface area contributed by atoms with Crippen molar-refractivity contribution in [2.24, 2.45) is 0 Å². The number of methoxy groups -OCH3 is 1. The topological polar surface area (TPSA) is 147 Å². The smallest absolute Gasteiger partial charge is 0.407 e. The second-order valence-corrected chi connectivity index (χ2v) is 10.3. The summed E-state index contributed by atoms with van der Waals surface area (Å²) in [5.41, 5.74) is 0.817. The van der Waals surface area contributed by atoms with Crippen LogP contribution < -0.4 is 10.1 Å². The minimum atomic E-state index is -4.06. The van der Waals surface area contributed by atoms with Gasteiger partial charge >= 0.3 is 6.09 Å². The summed E-state index contributed by atoms with van der Waals surface area (Å²) in [5, 5.41) is 22.9. The van der Waals surface area contributed by atoms with E-state index in [-0.39, 0.29) is 50.8 Å². The minimum absolute atomic E-state index is 0.0114. The molecule has 0 bridgehead atoms. The van der Waals surface area contributed by atoms with Crippen LogP contribution in [0.3, 0.4) is 0 Å². The Balaban J connectivity index is 1.78. The number of nitriles is 1. The average molecular weight is 534 g/mol. The normalized spacial score (nSPS) is 15.9. The van der Waals surface area contributed by atoms with Crippen molar-refractivity contribution >= 4 is 16.1 Å². The second kappa shape index (κ2) is 13.9. The molecule has 2 aromatic carbocycles. The molecule has 200 valence electrons. The zero-order chi connectivity index (χ0) is 26.7. The van der Waals surface area contributed by atoms with Gasteiger partial charge in [-0.3, -0.25) is 0 Å². The number of alkyl carbamates (subject to hydrolysis) is 1. The number of nitrogens with one attached hydrogen (secondary N) is 1. The number of aliphatic hydroxyl groups is 1. The monoisotopic (exact) mass is 533 g/mol. The Hall–Kier alpha value is -3.21. The maximum atomic E-state index is 13.4. The predicted octanol–water partition coefficient (Wildman–Crippen LogP) is 1.67. The van der Waals surface area contributed by atoms with Crippen molar-refractivity contribution in [3.05, 3.63) is 60.2 Å². The number of rotatable bonds is 12. The fraction of sp³-hybridized carbons (Fsp3) is 0.440. The molecule has 11 nitrogen and oxygen atoms in total. The fourth-order valence-electron chi connectivity index (χ4n) is 3.74. The van der Waals surface area contributed by atoms with E-state index < -0.39 is 34.4 Å². The Morgan fingerprint density at radius 1 is 1.19 bits per heavy atom. The molecule has 37 heavy (non-hydrogen) atoms. The highest BCUT2D eigenvalue weighted by atomic mass is 32.2. The third-order valence-electron chi connectivity index (χ3n) is 5.67. The van der Waals surface area contributed by atoms with Gasteiger partial charge in [0.1, 0.15) is 12.5 Å². The van der Waals surface area contributed by atoms with Crippen molar-refractivity contribution in [3.8, 4) is 11.8 Å². The van der Waals surface area contributed by atoms with E-state index in [0.717, 1.165) is 9.87 Å². The molecule has 2 N–H and O–H groups in total. The van der Waals surface area contributed by atoms with Crippen molar-refractivity contribution in [2.45, 2.75) is 36.0 Å². The zero-order valence-electron chi connectivity index (χ0n) is 20.5. The van der Waals surface area contributed by atoms with Gasteiger partial charge in [0.2, 0.25) is 10.0 Å². The number of nitrogens with zero attached hydrogens (tertiary/aromatic N) is 2. The first-order valence-electron chi connectivity index (χ1n) is 11.7. The molecule has 1 aliphatic rings. The van der Waals surface area contributed by atoms with Gasteiger partial charge in [-0.2, -0.15) is 9.57 Å². The number of carbonyl (C=O) groups is 1. The maximum Gasteiger partial charge on any atom is 0.407 e. The van der Waals surface area contributed by atoms with Crippen LogP contribution in [0.15, 0.2) is 59.5 Å². The molecule has 0 radical (unpaired) electrons. The number of hydrogen-bond acceptors (Lipinski definition) is 9. The summed E-state index contributed by atoms with van der Waals surface area (Å²) >= 11 is 0. The molecule has 2 atom stereocenters. The van der Waals surface area contributed by atoms with Gasteiger partial charge in [0.25, 0.3) is 0 Å². The lowest BCUT2D eigenvalue weighted by Crippen LogP contribution is -2.51. The molecule has 1 fully saturated rings. The molecular formula is C25H31N3O8S. The molecule has 0 aliphatic carbocycles. The van der Waals surface area contributed by atoms with E-state index in [1.54, 1.807) is 0 Å². The van der Waals surface area contributed by atoms with Crippen LogP contribution in [-0.2, 0) is 30.7 Å². The quantitative estimate of drug-likeness (QED) is 0.416. The zero-order valence-corrected chi connectivity index (χ0v) is 21.3. The number of benzene rings is 2. The predicted molar refractivity (Wildman–Crippen MR) is 132 cm³/mol. The van der Waals surface area contributed by atoms with Crippen molar-refractivity contribution in [2.75, 3.05) is 40.2 Å². The first-order chi connectivity index (χ1) is 17.8. The van der Waals surface area contributed by atoms with E-state index in [2.05, 4.69) is 5.32 Å². The van der Waals surface area contributed by atoms with Gasteiger partial charge in [-0.1, -0.05) is 30.3 Å². The lowest BCUT2D eigenvalue weighted by Gasteiger charge is -2.30. The van der Waals surface area contributed by atoms with Gasteiger partial charge in [0, 0.05) is 19.5 Å². The van der Waals surface area contributed by atoms with Crippen LogP contribution in [-0.4, -0.2) is 82.4 Å². The molecule has 1 aliphatic heterocycles. The lowest BCUT2D eigenvalue weighted by atomic mass is 10.0. The molecule has 2 unspecified atom stereocenters. The van der Waals surface area contributed by atoms with Crippen molar-refractivity contribution < 1.29 is 37.3 Å². The van der Waals surface area contributed by atoms with Crippen LogP contribution in [0.5, 0.6) is 5.75 Å². The number of ether oxygens (including phenoxy) is 4. The summed E-state index contributed by atoms with van der Waals surface area (Å²) in [4.78, 5) is 12.6. The summed E-state index contributed by atoms with van der Waals surface area (Å²) in [6, 6.07) is 16.0. The SMILES string of the molecule is COc1ccc(S(=O)(=O)N(CCC#N)CC(O)C(Cc2ccccc2)NC(=O)OC2COCOC2)cc1. The molecule has 3 rings (SSSR count). The highest BCUT2D eigenvalue weighted by molar-refractivity contribution is 7.89. The molecule has 1 heterocycles. The van der Waals surface area contributed by atoms with E-state index in [9.17, 15) is 18.3 Å². The third kappa shape index (κ3) is 8.41. The van der Waals surface area contributed by atoms with Crippen LogP contribution in [0.25, 0.3) is 0 Å². The molecule has 12 heteroatoms. The minimum Gasteiger partial charge on any atom is -0.497 e. The lowest BCUT2D eigenvalue weighted by molar-refractivity contribution is -0.151. The fourth-order valence-corrected chi connectivity index (χ4v) is 5.20. The Bertz CT molecular complexity index is 1130. The molecule has 0 saturated carbocycles. The Labute approximate surface area is 216 Å². The van der Waals surface area contributed by atoms with E-state index in [1.165, 1.54) is 31.4 Å². The maximum absolute atomic E-state index is 13.4. The number of amides is 1. The van der Waals surface area contributed by atoms with E-state index >= 15 is 0 Å². The first kappa shape index (κ1) is 28.4. The van der Waals surface area contributed by atoms with Gasteiger partial charge in [0.05, 0.1) is 43.4 Å². The second-order valence-electron chi connectivity index (χ2n) is 8.34. The van der Waals surface area contributed by atoms with Gasteiger partial charge in [-0.25, -0.2) is 13.2 Å². The Morgan fingerprint density at radius 3 is 2.49 bits per heavy atom. The number of aliphatic hydroxyl groups excluding tert-OH is 1. The molecule has 2 aromatic rings. The van der Waals surface area contributed by atoms with Crippen molar-refractivity contribution in [1.82, 2.24) is 9.62 Å². The largest absolute Gasteiger partial charge is 0.497 e. The summed E-state index contributed by atoms with van der Waals surface area (Å²) in [6.45, 7) is -0.00852. The summed E-state index contributed by atoms with van der Waals surface area (Å²) < 4.78 is 48.5. The van der Waals surface area contributed by atoms with Gasteiger partial charge in [-0.05, 0) is 36.2 Å². The summed E-state index contributed by atoms with van der Waals surface area (Å²) in [5.74, 6) is 0.488. The van der Waals surface area contributed by atoms with Gasteiger partial charge in [0.15, 0.2) is 6.10 Å². The van der Waals surface area contributed by atoms with E-state index in [1.807, 2.05) is 36.4 Å². The molecule has 1 saturated heterocycles. The van der Waals surface area contributed by atoms with Crippen LogP contribution in [0.2, 0.25) is 0 Å². The molecule has 0 spiro atoms. The molecule has 1 amide bonds. The number of carbonyl (C=O) groups excluding carboxylic acids is 1. The summed E-state index contributed by atoms with van der Waals surface area (Å²) in [7, 11) is -2.59. The summed E-state index contributed by atoms with van der Waals surface area (Å²) in [6.07, 6.45) is -2.59. The molecular weight excluding hydrogens is 502 g/mol. The standard InChI is InChI=1S/C25H31N3O8S/c1-33-20-8-10-22(11-9-20)37(31,32)28(13-5-12-26)15-24(29)23(14-19-6-3-2-4-7-19)27-25(30)36-21-16-34-18-35-17-21/h2-4,6-11,21,23-24,29H,5,13-18H2,1H3,(H,27,30). The third-order valence-corrected chi connectivity index (χ3v) is 7.55. The number of hydrogen-bond donors (Lipinski definition) is 2. The average Bonchev–Trinajstić information content (AvgIpc) is 2.91. The van der Waals surface area contributed by atoms with Gasteiger partial charge in [-0.15, -0.1) is 0 Å². The number of sulfonamides is 1. The van der Waals surface area contributed by atoms with Crippen molar-refractivity contribution in [1.29, 1.82) is 5.26 Å². The molecule has 0 aromatic heterocycles. The highest BCUT2D eigenvalue weighted by Crippen LogP contribution is 2.21. The van der Waals surface area contributed by atoms with Crippen LogP contribution >= 0.6 is 0 Å². The van der Waals surface area contributed by atoms with Crippen LogP contribution in [0, 0.1) is 11.3 Å². The van der Waals surface area contributed by atoms with Crippen LogP contribution in [0.4, 0.5) is 4.79 Å². The van der Waals surface area contributed by atoms with Crippen molar-refractivity contribution in [3.63, 3.8) is 0 Å². The van der Waals surface area contributed by atoms with E-state index in [0.29, 0.717) is 5.75 Å². The highest BCUT2D eigenvalue weighted by Gasteiger charge is 2.31. The van der Waals surface area contributed by atoms with Gasteiger partial charge < -0.3 is 29.4 Å². The van der Waals surface area contributed by atoms with E-state index in [4.69, 9.17) is 24.2 Å². The Kier molecular flexibility index (Phi) is 10.7. The van der Waals surface area contributed by atoms with Crippen LogP contribution in [0.1, 0.15) is 12.0 Å². The first-order valence-corrected chi connectivity index (χ1v) is 13.1.